The molecule has 5 heteroatoms. The Morgan fingerprint density at radius 2 is 1.41 bits per heavy atom. The Hall–Kier alpha value is -3.86. The zero-order valence-corrected chi connectivity index (χ0v) is 17.9. The van der Waals surface area contributed by atoms with Crippen molar-refractivity contribution in [3.05, 3.63) is 107 Å². The van der Waals surface area contributed by atoms with E-state index in [2.05, 4.69) is 12.2 Å². The minimum absolute atomic E-state index is 0.203. The van der Waals surface area contributed by atoms with Crippen LogP contribution in [0.2, 0.25) is 0 Å². The Labute approximate surface area is 187 Å². The number of rotatable bonds is 10. The van der Waals surface area contributed by atoms with Crippen LogP contribution in [0.5, 0.6) is 5.75 Å². The minimum Gasteiger partial charge on any atom is -0.496 e. The van der Waals surface area contributed by atoms with Gasteiger partial charge in [-0.05, 0) is 66.6 Å². The number of benzene rings is 3. The smallest absolute Gasteiger partial charge is 0.335 e. The van der Waals surface area contributed by atoms with E-state index in [-0.39, 0.29) is 17.0 Å². The summed E-state index contributed by atoms with van der Waals surface area (Å²) in [7, 11) is 1.65. The van der Waals surface area contributed by atoms with Crippen LogP contribution in [0.3, 0.4) is 0 Å². The first-order valence-corrected chi connectivity index (χ1v) is 10.4. The van der Waals surface area contributed by atoms with Crippen molar-refractivity contribution in [3.63, 3.8) is 0 Å². The molecule has 0 aliphatic rings. The van der Waals surface area contributed by atoms with Crippen LogP contribution in [0.15, 0.2) is 78.9 Å². The summed E-state index contributed by atoms with van der Waals surface area (Å²) in [6.45, 7) is 0. The number of carboxylic acids is 2. The average molecular weight is 431 g/mol. The van der Waals surface area contributed by atoms with Crippen LogP contribution in [0, 0.1) is 5.92 Å². The lowest BCUT2D eigenvalue weighted by molar-refractivity contribution is 0.0686. The molecule has 0 aromatic heterocycles. The second kappa shape index (κ2) is 11.0. The number of hydrogen-bond donors (Lipinski definition) is 2. The molecule has 3 rings (SSSR count). The van der Waals surface area contributed by atoms with E-state index in [1.165, 1.54) is 0 Å². The van der Waals surface area contributed by atoms with Crippen LogP contribution in [0.25, 0.3) is 6.08 Å². The Bertz CT molecular complexity index is 1080. The Morgan fingerprint density at radius 1 is 0.844 bits per heavy atom. The van der Waals surface area contributed by atoms with Crippen molar-refractivity contribution >= 4 is 18.0 Å². The molecular formula is C27H26O5. The summed E-state index contributed by atoms with van der Waals surface area (Å²) < 4.78 is 5.44. The van der Waals surface area contributed by atoms with Crippen LogP contribution in [-0.4, -0.2) is 29.3 Å². The van der Waals surface area contributed by atoms with Gasteiger partial charge in [0.15, 0.2) is 0 Å². The predicted octanol–water partition coefficient (Wildman–Crippen LogP) is 5.60. The van der Waals surface area contributed by atoms with Gasteiger partial charge < -0.3 is 14.9 Å². The fourth-order valence-corrected chi connectivity index (χ4v) is 3.56. The van der Waals surface area contributed by atoms with Gasteiger partial charge in [0.05, 0.1) is 18.2 Å². The molecule has 0 bridgehead atoms. The van der Waals surface area contributed by atoms with E-state index in [1.807, 2.05) is 48.5 Å². The molecule has 0 heterocycles. The third-order valence-corrected chi connectivity index (χ3v) is 5.39. The Kier molecular flexibility index (Phi) is 7.81. The van der Waals surface area contributed by atoms with Gasteiger partial charge in [-0.15, -0.1) is 0 Å². The van der Waals surface area contributed by atoms with Gasteiger partial charge in [0.25, 0.3) is 0 Å². The number of carbonyl (C=O) groups is 2. The van der Waals surface area contributed by atoms with E-state index in [9.17, 15) is 9.59 Å². The lowest BCUT2D eigenvalue weighted by Gasteiger charge is -2.14. The van der Waals surface area contributed by atoms with E-state index >= 15 is 0 Å². The van der Waals surface area contributed by atoms with Gasteiger partial charge in [0.2, 0.25) is 0 Å². The quantitative estimate of drug-likeness (QED) is 0.438. The molecule has 164 valence electrons. The average Bonchev–Trinajstić information content (AvgIpc) is 2.81. The molecule has 1 atom stereocenters. The van der Waals surface area contributed by atoms with Gasteiger partial charge in [-0.3, -0.25) is 0 Å². The molecule has 1 unspecified atom stereocenters. The van der Waals surface area contributed by atoms with Gasteiger partial charge in [-0.2, -0.15) is 0 Å². The zero-order valence-electron chi connectivity index (χ0n) is 17.9. The summed E-state index contributed by atoms with van der Waals surface area (Å²) in [6.07, 6.45) is 6.64. The lowest BCUT2D eigenvalue weighted by atomic mass is 9.91. The number of methoxy groups -OCH3 is 1. The largest absolute Gasteiger partial charge is 0.496 e. The summed E-state index contributed by atoms with van der Waals surface area (Å²) >= 11 is 0. The molecule has 0 spiro atoms. The molecule has 5 nitrogen and oxygen atoms in total. The third-order valence-electron chi connectivity index (χ3n) is 5.39. The zero-order chi connectivity index (χ0) is 22.9. The van der Waals surface area contributed by atoms with Crippen molar-refractivity contribution < 1.29 is 24.5 Å². The lowest BCUT2D eigenvalue weighted by Crippen LogP contribution is -2.05. The van der Waals surface area contributed by atoms with E-state index < -0.39 is 11.9 Å². The minimum atomic E-state index is -0.936. The molecule has 0 aliphatic heterocycles. The molecule has 0 saturated heterocycles. The number of para-hydroxylation sites is 1. The summed E-state index contributed by atoms with van der Waals surface area (Å²) in [5.74, 6) is -0.861. The first-order chi connectivity index (χ1) is 15.5. The third kappa shape index (κ3) is 6.32. The van der Waals surface area contributed by atoms with Gasteiger partial charge >= 0.3 is 11.9 Å². The van der Waals surface area contributed by atoms with Crippen LogP contribution < -0.4 is 4.74 Å². The summed E-state index contributed by atoms with van der Waals surface area (Å²) in [6, 6.07) is 21.7. The van der Waals surface area contributed by atoms with Crippen molar-refractivity contribution in [2.75, 3.05) is 7.11 Å². The van der Waals surface area contributed by atoms with Gasteiger partial charge in [-0.1, -0.05) is 54.6 Å². The van der Waals surface area contributed by atoms with Crippen LogP contribution >= 0.6 is 0 Å². The number of ether oxygens (including phenoxy) is 1. The molecule has 3 aromatic rings. The van der Waals surface area contributed by atoms with Crippen molar-refractivity contribution in [1.29, 1.82) is 0 Å². The normalized spacial score (nSPS) is 11.9. The fourth-order valence-electron chi connectivity index (χ4n) is 3.56. The van der Waals surface area contributed by atoms with Crippen molar-refractivity contribution in [1.82, 2.24) is 0 Å². The summed E-state index contributed by atoms with van der Waals surface area (Å²) in [5.41, 5.74) is 3.68. The molecule has 0 amide bonds. The van der Waals surface area contributed by atoms with E-state index in [0.29, 0.717) is 0 Å². The molecule has 2 N–H and O–H groups in total. The number of allylic oxidation sites excluding steroid dienone is 1. The number of aryl methyl sites for hydroxylation is 1. The second-order valence-corrected chi connectivity index (χ2v) is 7.61. The van der Waals surface area contributed by atoms with E-state index in [4.69, 9.17) is 14.9 Å². The Morgan fingerprint density at radius 3 is 1.97 bits per heavy atom. The maximum atomic E-state index is 11.1. The van der Waals surface area contributed by atoms with Crippen molar-refractivity contribution in [3.8, 4) is 5.75 Å². The maximum Gasteiger partial charge on any atom is 0.335 e. The monoisotopic (exact) mass is 430 g/mol. The maximum absolute atomic E-state index is 11.1. The SMILES string of the molecule is COc1ccccc1/C=C/C(CCc1ccc(C(=O)O)cc1)Cc1ccc(C(=O)O)cc1. The predicted molar refractivity (Wildman–Crippen MR) is 124 cm³/mol. The van der Waals surface area contributed by atoms with Crippen LogP contribution in [0.1, 0.15) is 43.8 Å². The number of hydrogen-bond acceptors (Lipinski definition) is 3. The first kappa shape index (κ1) is 22.8. The topological polar surface area (TPSA) is 83.8 Å². The molecule has 0 fully saturated rings. The standard InChI is InChI=1S/C27H26O5/c1-32-25-5-3-2-4-22(25)13-10-20(18-21-11-16-24(17-12-21)27(30)31)7-6-19-8-14-23(15-9-19)26(28)29/h2-5,8-17,20H,6-7,18H2,1H3,(H,28,29)(H,30,31)/b13-10+. The molecule has 0 radical (unpaired) electrons. The van der Waals surface area contributed by atoms with Crippen LogP contribution in [0.4, 0.5) is 0 Å². The highest BCUT2D eigenvalue weighted by atomic mass is 16.5. The highest BCUT2D eigenvalue weighted by molar-refractivity contribution is 5.88. The number of carboxylic acid groups (broad SMARTS) is 2. The number of aromatic carboxylic acids is 2. The second-order valence-electron chi connectivity index (χ2n) is 7.61. The van der Waals surface area contributed by atoms with E-state index in [0.717, 1.165) is 41.7 Å². The van der Waals surface area contributed by atoms with Gasteiger partial charge in [0, 0.05) is 5.56 Å². The highest BCUT2D eigenvalue weighted by Crippen LogP contribution is 2.23. The molecule has 3 aromatic carbocycles. The molecule has 32 heavy (non-hydrogen) atoms. The summed E-state index contributed by atoms with van der Waals surface area (Å²) in [4.78, 5) is 22.2. The van der Waals surface area contributed by atoms with Crippen molar-refractivity contribution in [2.45, 2.75) is 19.3 Å². The van der Waals surface area contributed by atoms with Gasteiger partial charge in [-0.25, -0.2) is 9.59 Å². The molecular weight excluding hydrogens is 404 g/mol. The van der Waals surface area contributed by atoms with E-state index in [1.54, 1.807) is 31.4 Å². The van der Waals surface area contributed by atoms with Crippen LogP contribution in [-0.2, 0) is 12.8 Å². The van der Waals surface area contributed by atoms with Crippen molar-refractivity contribution in [2.24, 2.45) is 5.92 Å². The first-order valence-electron chi connectivity index (χ1n) is 10.4. The fraction of sp³-hybridized carbons (Fsp3) is 0.185. The molecule has 0 aliphatic carbocycles. The van der Waals surface area contributed by atoms with Gasteiger partial charge in [0.1, 0.15) is 5.75 Å². The summed E-state index contributed by atoms with van der Waals surface area (Å²) in [5, 5.41) is 18.2. The highest BCUT2D eigenvalue weighted by Gasteiger charge is 2.10. The molecule has 0 saturated carbocycles. The Balaban J connectivity index is 1.77.